The van der Waals surface area contributed by atoms with Gasteiger partial charge in [0.2, 0.25) is 0 Å². The van der Waals surface area contributed by atoms with Crippen LogP contribution in [-0.2, 0) is 25.8 Å². The molecule has 1 aromatic heterocycles. The summed E-state index contributed by atoms with van der Waals surface area (Å²) in [7, 11) is 0. The molecule has 1 unspecified atom stereocenters. The van der Waals surface area contributed by atoms with E-state index in [9.17, 15) is 0 Å². The van der Waals surface area contributed by atoms with Gasteiger partial charge in [-0.1, -0.05) is 267 Å². The third kappa shape index (κ3) is 15.0. The summed E-state index contributed by atoms with van der Waals surface area (Å²) in [6, 6.07) is 100. The van der Waals surface area contributed by atoms with E-state index in [0.717, 1.165) is 39.3 Å². The maximum Gasteiger partial charge on any atom is 0.0711 e. The zero-order valence-electron chi connectivity index (χ0n) is 41.7. The van der Waals surface area contributed by atoms with Crippen molar-refractivity contribution in [2.45, 2.75) is 25.8 Å². The monoisotopic (exact) mass is 1110 g/mol. The largest absolute Gasteiger partial charge is 0.673 e. The molecule has 0 aliphatic rings. The molecule has 0 spiro atoms. The Morgan fingerprint density at radius 2 is 0.822 bits per heavy atom. The average Bonchev–Trinajstić information content (AvgIpc) is 3.44. The number of aromatic nitrogens is 1. The molecule has 0 saturated heterocycles. The van der Waals surface area contributed by atoms with E-state index in [1.165, 1.54) is 50.1 Å². The number of hydrogen-bond acceptors (Lipinski definition) is 1. The summed E-state index contributed by atoms with van der Waals surface area (Å²) in [5.41, 5.74) is 14.6. The first-order valence-corrected chi connectivity index (χ1v) is 24.6. The summed E-state index contributed by atoms with van der Waals surface area (Å²) in [5, 5.41) is 7.73. The summed E-state index contributed by atoms with van der Waals surface area (Å²) >= 11 is 0. The van der Waals surface area contributed by atoms with E-state index < -0.39 is 0 Å². The second-order valence-corrected chi connectivity index (χ2v) is 17.6. The van der Waals surface area contributed by atoms with E-state index >= 15 is 0 Å². The van der Waals surface area contributed by atoms with Crippen LogP contribution in [0.1, 0.15) is 70.4 Å². The van der Waals surface area contributed by atoms with Gasteiger partial charge in [-0.25, -0.2) is 0 Å². The van der Waals surface area contributed by atoms with E-state index in [2.05, 4.69) is 258 Å². The molecule has 358 valence electrons. The molecular weight excluding hydrogens is 1050 g/mol. The van der Waals surface area contributed by atoms with E-state index in [1.54, 1.807) is 0 Å². The predicted molar refractivity (Wildman–Crippen MR) is 306 cm³/mol. The minimum absolute atomic E-state index is 0. The molecular formula is C70H60HfN2-4. The van der Waals surface area contributed by atoms with Crippen LogP contribution in [0.5, 0.6) is 0 Å². The molecule has 0 radical (unpaired) electrons. The Hall–Kier alpha value is -8.11. The molecule has 11 aromatic rings. The van der Waals surface area contributed by atoms with Crippen LogP contribution in [0.2, 0.25) is 0 Å². The number of pyridine rings is 1. The summed E-state index contributed by atoms with van der Waals surface area (Å²) in [6.07, 6.45) is 0. The first-order valence-electron chi connectivity index (χ1n) is 24.6. The fraction of sp³-hybridized carbons (Fsp3) is 0.0571. The van der Waals surface area contributed by atoms with Gasteiger partial charge in [0.25, 0.3) is 0 Å². The van der Waals surface area contributed by atoms with Gasteiger partial charge in [-0.15, -0.1) is 30.0 Å². The molecule has 0 saturated carbocycles. The molecule has 0 N–H and O–H groups in total. The standard InChI is InChI=1S/C37H31N2.C19H15.2C7H7.Hf/c1-26(2)27-22-24-30(25-23-27)38-37(34-18-9-8-17-32(34)28-12-4-3-5-13-28)36-21-11-20-35(39-36)33-19-10-15-29-14-6-7-16-31(29)33;1-4-10-16(11-5-1)19(17-12-6-2-7-13-17)18-14-8-3-9-15-18;2*1-7-5-3-2-4-6-7;/h3-26,37H,1-2H3;1-15H;2*2-6H,1H2;/q4*-1;. The van der Waals surface area contributed by atoms with Crippen LogP contribution in [0.3, 0.4) is 0 Å². The van der Waals surface area contributed by atoms with Gasteiger partial charge in [0.15, 0.2) is 0 Å². The maximum atomic E-state index is 5.32. The van der Waals surface area contributed by atoms with Crippen molar-refractivity contribution in [3.05, 3.63) is 361 Å². The normalized spacial score (nSPS) is 10.7. The van der Waals surface area contributed by atoms with Gasteiger partial charge in [0.05, 0.1) is 5.69 Å². The summed E-state index contributed by atoms with van der Waals surface area (Å²) in [4.78, 5) is 5.25. The van der Waals surface area contributed by atoms with Crippen LogP contribution in [0, 0.1) is 19.8 Å². The second-order valence-electron chi connectivity index (χ2n) is 17.6. The number of nitrogens with zero attached hydrogens (tertiary/aromatic N) is 2. The van der Waals surface area contributed by atoms with Crippen LogP contribution in [-0.4, -0.2) is 4.98 Å². The quantitative estimate of drug-likeness (QED) is 0.0762. The van der Waals surface area contributed by atoms with Crippen LogP contribution < -0.4 is 0 Å². The van der Waals surface area contributed by atoms with Crippen LogP contribution in [0.15, 0.2) is 291 Å². The first-order chi connectivity index (χ1) is 35.4. The first kappa shape index (κ1) is 52.7. The van der Waals surface area contributed by atoms with Gasteiger partial charge in [0, 0.05) is 37.1 Å². The molecule has 3 heteroatoms. The van der Waals surface area contributed by atoms with Crippen molar-refractivity contribution in [3.8, 4) is 22.4 Å². The van der Waals surface area contributed by atoms with Crippen molar-refractivity contribution in [2.75, 3.05) is 0 Å². The van der Waals surface area contributed by atoms with Gasteiger partial charge in [-0.3, -0.25) is 4.98 Å². The van der Waals surface area contributed by atoms with Crippen molar-refractivity contribution < 1.29 is 25.8 Å². The van der Waals surface area contributed by atoms with Crippen LogP contribution >= 0.6 is 0 Å². The predicted octanol–water partition coefficient (Wildman–Crippen LogP) is 18.9. The zero-order chi connectivity index (χ0) is 49.7. The summed E-state index contributed by atoms with van der Waals surface area (Å²) < 4.78 is 0. The van der Waals surface area contributed by atoms with Crippen molar-refractivity contribution in [1.82, 2.24) is 4.98 Å². The molecule has 0 aliphatic heterocycles. The van der Waals surface area contributed by atoms with Gasteiger partial charge in [0.1, 0.15) is 0 Å². The van der Waals surface area contributed by atoms with Gasteiger partial charge in [-0.2, -0.15) is 49.2 Å². The average molecular weight is 1110 g/mol. The third-order valence-corrected chi connectivity index (χ3v) is 12.2. The van der Waals surface area contributed by atoms with E-state index in [0.29, 0.717) is 5.92 Å². The van der Waals surface area contributed by atoms with Crippen molar-refractivity contribution in [3.63, 3.8) is 0 Å². The van der Waals surface area contributed by atoms with E-state index in [-0.39, 0.29) is 31.9 Å². The van der Waals surface area contributed by atoms with E-state index in [4.69, 9.17) is 10.3 Å². The fourth-order valence-corrected chi connectivity index (χ4v) is 8.48. The third-order valence-electron chi connectivity index (χ3n) is 12.2. The molecule has 11 rings (SSSR count). The summed E-state index contributed by atoms with van der Waals surface area (Å²) in [5.74, 6) is 1.76. The number of benzene rings is 10. The Balaban J connectivity index is 0.000000187. The number of rotatable bonds is 10. The number of fused-ring (bicyclic) bond motifs is 1. The molecule has 73 heavy (non-hydrogen) atoms. The Morgan fingerprint density at radius 1 is 0.397 bits per heavy atom. The zero-order valence-corrected chi connectivity index (χ0v) is 45.3. The van der Waals surface area contributed by atoms with Crippen LogP contribution in [0.4, 0.5) is 5.69 Å². The molecule has 10 aromatic carbocycles. The molecule has 1 atom stereocenters. The second kappa shape index (κ2) is 27.5. The fourth-order valence-electron chi connectivity index (χ4n) is 8.48. The Kier molecular flexibility index (Phi) is 19.8. The Morgan fingerprint density at radius 3 is 1.33 bits per heavy atom. The SMILES string of the molecule is CC(C)c1ccc([N-]C(c2cccc(-c3cccc4ccccc34)n2)c2ccccc2-c2ccccc2)cc1.[CH2-]c1ccccc1.[CH2-]c1ccccc1.[Hf].c1ccc([C-](c2ccccc2)c2ccccc2)cc1. The van der Waals surface area contributed by atoms with Gasteiger partial charge >= 0.3 is 0 Å². The maximum absolute atomic E-state index is 5.32. The number of hydrogen-bond donors (Lipinski definition) is 0. The van der Waals surface area contributed by atoms with Crippen LogP contribution in [0.25, 0.3) is 38.5 Å². The van der Waals surface area contributed by atoms with Crippen molar-refractivity contribution in [1.29, 1.82) is 0 Å². The Labute approximate surface area is 453 Å². The Bertz CT molecular complexity index is 3150. The molecule has 1 heterocycles. The van der Waals surface area contributed by atoms with Crippen molar-refractivity contribution >= 4 is 16.5 Å². The van der Waals surface area contributed by atoms with E-state index in [1.807, 2.05) is 60.7 Å². The molecule has 0 amide bonds. The topological polar surface area (TPSA) is 27.0 Å². The van der Waals surface area contributed by atoms with Gasteiger partial charge < -0.3 is 5.32 Å². The minimum Gasteiger partial charge on any atom is -0.673 e. The molecule has 0 bridgehead atoms. The molecule has 0 aliphatic carbocycles. The van der Waals surface area contributed by atoms with Crippen molar-refractivity contribution in [2.24, 2.45) is 0 Å². The van der Waals surface area contributed by atoms with Gasteiger partial charge in [-0.05, 0) is 57.1 Å². The summed E-state index contributed by atoms with van der Waals surface area (Å²) in [6.45, 7) is 11.9. The molecule has 0 fully saturated rings. The minimum atomic E-state index is -0.263. The molecule has 2 nitrogen and oxygen atoms in total. The smallest absolute Gasteiger partial charge is 0.0711 e.